The third-order valence-electron chi connectivity index (χ3n) is 7.55. The first-order chi connectivity index (χ1) is 23.7. The number of ketones is 1. The average molecular weight is 736 g/mol. The van der Waals surface area contributed by atoms with E-state index in [1.165, 1.54) is 6.92 Å². The minimum atomic E-state index is -2.12. The largest absolute Gasteiger partial charge is 0.463 e. The number of ether oxygens (including phenoxy) is 5. The normalized spacial score (nSPS) is 20.5. The lowest BCUT2D eigenvalue weighted by Gasteiger charge is -2.30. The number of benzene rings is 1. The van der Waals surface area contributed by atoms with Crippen molar-refractivity contribution < 1.29 is 52.4 Å². The third-order valence-corrected chi connectivity index (χ3v) is 7.72. The Labute approximate surface area is 299 Å². The molecule has 4 rings (SSSR count). The number of halogens is 2. The zero-order valence-corrected chi connectivity index (χ0v) is 30.7. The van der Waals surface area contributed by atoms with E-state index < -0.39 is 83.1 Å². The molecule has 0 bridgehead atoms. The fraction of sp³-hybridized carbons (Fsp3) is 0.559. The van der Waals surface area contributed by atoms with Gasteiger partial charge in [-0.2, -0.15) is 14.9 Å². The minimum Gasteiger partial charge on any atom is -0.463 e. The van der Waals surface area contributed by atoms with Crippen LogP contribution in [0.2, 0.25) is 5.28 Å². The van der Waals surface area contributed by atoms with Gasteiger partial charge in [0.05, 0.1) is 19.5 Å². The summed E-state index contributed by atoms with van der Waals surface area (Å²) >= 11 is 6.26. The lowest BCUT2D eigenvalue weighted by molar-refractivity contribution is -0.183. The third kappa shape index (κ3) is 8.98. The molecule has 0 spiro atoms. The summed E-state index contributed by atoms with van der Waals surface area (Å²) in [7, 11) is 0. The van der Waals surface area contributed by atoms with E-state index in [9.17, 15) is 24.3 Å². The molecule has 278 valence electrons. The molecule has 0 saturated carbocycles. The summed E-state index contributed by atoms with van der Waals surface area (Å²) in [5.41, 5.74) is -2.99. The van der Waals surface area contributed by atoms with Crippen LogP contribution in [0.1, 0.15) is 72.7 Å². The molecular weight excluding hydrogens is 693 g/mol. The number of anilines is 1. The molecule has 0 aliphatic carbocycles. The Morgan fingerprint density at radius 3 is 2.14 bits per heavy atom. The lowest BCUT2D eigenvalue weighted by Crippen LogP contribution is -2.52. The molecule has 2 aromatic heterocycles. The van der Waals surface area contributed by atoms with Gasteiger partial charge in [-0.3, -0.25) is 9.36 Å². The van der Waals surface area contributed by atoms with Crippen LogP contribution in [0, 0.1) is 6.92 Å². The monoisotopic (exact) mass is 735 g/mol. The number of hydrogen-bond acceptors (Lipinski definition) is 13. The molecular formula is C34H43ClFN5O10. The number of hydrogen-bond donors (Lipinski definition) is 1. The second-order valence-corrected chi connectivity index (χ2v) is 14.4. The van der Waals surface area contributed by atoms with Crippen LogP contribution in [0.5, 0.6) is 0 Å². The highest BCUT2D eigenvalue weighted by Gasteiger charge is 2.51. The van der Waals surface area contributed by atoms with Crippen LogP contribution in [0.15, 0.2) is 30.6 Å². The first-order valence-corrected chi connectivity index (χ1v) is 16.6. The lowest BCUT2D eigenvalue weighted by atomic mass is 9.90. The van der Waals surface area contributed by atoms with Gasteiger partial charge in [0.25, 0.3) is 0 Å². The average Bonchev–Trinajstić information content (AvgIpc) is 3.54. The molecule has 1 unspecified atom stereocenters. The van der Waals surface area contributed by atoms with Crippen molar-refractivity contribution >= 4 is 52.5 Å². The van der Waals surface area contributed by atoms with Gasteiger partial charge in [-0.25, -0.2) is 23.8 Å². The number of imidazole rings is 1. The van der Waals surface area contributed by atoms with Crippen molar-refractivity contribution in [1.82, 2.24) is 19.5 Å². The molecule has 5 atom stereocenters. The summed E-state index contributed by atoms with van der Waals surface area (Å²) in [4.78, 5) is 65.9. The molecule has 51 heavy (non-hydrogen) atoms. The molecule has 3 heterocycles. The van der Waals surface area contributed by atoms with E-state index >= 15 is 4.39 Å². The van der Waals surface area contributed by atoms with E-state index in [0.717, 1.165) is 16.5 Å². The van der Waals surface area contributed by atoms with Gasteiger partial charge in [-0.15, -0.1) is 0 Å². The summed E-state index contributed by atoms with van der Waals surface area (Å²) in [6.07, 6.45) is -8.32. The zero-order chi connectivity index (χ0) is 38.1. The molecule has 1 aliphatic rings. The molecule has 1 fully saturated rings. The number of imide groups is 1. The topological polar surface area (TPSA) is 182 Å². The van der Waals surface area contributed by atoms with Crippen molar-refractivity contribution in [3.05, 3.63) is 47.0 Å². The van der Waals surface area contributed by atoms with E-state index in [0.29, 0.717) is 10.5 Å². The van der Waals surface area contributed by atoms with Crippen molar-refractivity contribution in [2.75, 3.05) is 18.1 Å². The number of esters is 1. The molecule has 15 nitrogen and oxygen atoms in total. The zero-order valence-electron chi connectivity index (χ0n) is 29.9. The van der Waals surface area contributed by atoms with Gasteiger partial charge in [0.15, 0.2) is 35.2 Å². The number of Topliss-reactive ketones (excluding diaryl/α,β-unsaturated/α-hetero) is 1. The van der Waals surface area contributed by atoms with Gasteiger partial charge >= 0.3 is 18.2 Å². The van der Waals surface area contributed by atoms with Crippen LogP contribution in [-0.2, 0) is 39.7 Å². The minimum absolute atomic E-state index is 0.0400. The second-order valence-electron chi connectivity index (χ2n) is 14.0. The molecule has 3 aromatic rings. The molecule has 2 amide bonds. The Kier molecular flexibility index (Phi) is 11.7. The van der Waals surface area contributed by atoms with Crippen LogP contribution < -0.4 is 4.90 Å². The summed E-state index contributed by atoms with van der Waals surface area (Å²) in [5.74, 6) is -2.03. The van der Waals surface area contributed by atoms with Crippen molar-refractivity contribution in [3.8, 4) is 0 Å². The van der Waals surface area contributed by atoms with Gasteiger partial charge in [0, 0.05) is 6.42 Å². The molecule has 17 heteroatoms. The van der Waals surface area contributed by atoms with Crippen molar-refractivity contribution in [1.29, 1.82) is 0 Å². The maximum atomic E-state index is 15.9. The number of nitrogens with zero attached hydrogens (tertiary/aromatic N) is 5. The van der Waals surface area contributed by atoms with Gasteiger partial charge in [-0.1, -0.05) is 29.8 Å². The molecule has 0 radical (unpaired) electrons. The van der Waals surface area contributed by atoms with Crippen LogP contribution in [0.4, 0.5) is 19.8 Å². The highest BCUT2D eigenvalue weighted by Crippen LogP contribution is 2.37. The number of aromatic nitrogens is 4. The number of alkyl halides is 1. The SMILES string of the molecule is CCOC(=O)C(Cc1ccc(C)cc1)(OC[C@H]1O[C@@H](n2cnc3c(N(C(=O)OC(C)(C)C)C(=O)OC(C)(C)C)nc(Cl)nc32)[C@@H](F)[C@@H]1O)C(C)=O. The number of carbonyl (C=O) groups excluding carboxylic acids is 4. The Morgan fingerprint density at radius 1 is 1.02 bits per heavy atom. The van der Waals surface area contributed by atoms with E-state index in [1.807, 2.05) is 19.1 Å². The van der Waals surface area contributed by atoms with E-state index in [2.05, 4.69) is 15.0 Å². The van der Waals surface area contributed by atoms with Gasteiger partial charge < -0.3 is 28.8 Å². The fourth-order valence-corrected chi connectivity index (χ4v) is 5.32. The van der Waals surface area contributed by atoms with Crippen LogP contribution in [-0.4, -0.2) is 97.0 Å². The smallest absolute Gasteiger partial charge is 0.425 e. The quantitative estimate of drug-likeness (QED) is 0.124. The Hall–Kier alpha value is -4.25. The predicted octanol–water partition coefficient (Wildman–Crippen LogP) is 5.21. The standard InChI is InChI=1S/C34H43ClFN5O10/c1-10-47-28(44)34(19(3)42,15-20-13-11-18(2)12-14-20)48-16-21-24(43)22(36)27(49-21)40-17-37-23-25(40)38-29(35)39-26(23)41(30(45)50-32(4,5)6)31(46)51-33(7,8)9/h11-14,17,21-22,24,27,43H,10,15-16H2,1-9H3/t21-,22+,24-,27-,34?/m1/s1. The van der Waals surface area contributed by atoms with Gasteiger partial charge in [-0.05, 0) is 79.5 Å². The first kappa shape index (κ1) is 39.5. The Morgan fingerprint density at radius 2 is 1.61 bits per heavy atom. The highest BCUT2D eigenvalue weighted by atomic mass is 35.5. The molecule has 1 saturated heterocycles. The Bertz CT molecular complexity index is 1750. The molecule has 1 aliphatic heterocycles. The maximum absolute atomic E-state index is 15.9. The van der Waals surface area contributed by atoms with Crippen LogP contribution in [0.25, 0.3) is 11.2 Å². The van der Waals surface area contributed by atoms with Crippen molar-refractivity contribution in [3.63, 3.8) is 0 Å². The van der Waals surface area contributed by atoms with Gasteiger partial charge in [0.2, 0.25) is 10.9 Å². The number of aliphatic hydroxyl groups excluding tert-OH is 1. The summed E-state index contributed by atoms with van der Waals surface area (Å²) < 4.78 is 44.9. The number of carbonyl (C=O) groups is 4. The van der Waals surface area contributed by atoms with E-state index in [4.69, 9.17) is 35.3 Å². The molecule has 1 aromatic carbocycles. The molecule has 1 N–H and O–H groups in total. The van der Waals surface area contributed by atoms with Crippen molar-refractivity contribution in [2.45, 2.75) is 110 Å². The number of amides is 2. The highest BCUT2D eigenvalue weighted by molar-refractivity contribution is 6.29. The number of rotatable bonds is 10. The van der Waals surface area contributed by atoms with Crippen molar-refractivity contribution in [2.24, 2.45) is 0 Å². The van der Waals surface area contributed by atoms with Gasteiger partial charge in [0.1, 0.15) is 23.4 Å². The van der Waals surface area contributed by atoms with E-state index in [1.54, 1.807) is 60.6 Å². The van der Waals surface area contributed by atoms with E-state index in [-0.39, 0.29) is 24.2 Å². The number of aryl methyl sites for hydroxylation is 1. The first-order valence-electron chi connectivity index (χ1n) is 16.2. The number of aliphatic hydroxyl groups is 1. The maximum Gasteiger partial charge on any atom is 0.425 e. The fourth-order valence-electron chi connectivity index (χ4n) is 5.16. The summed E-state index contributed by atoms with van der Waals surface area (Å²) in [6.45, 7) is 13.6. The second kappa shape index (κ2) is 15.2. The van der Waals surface area contributed by atoms with Crippen LogP contribution in [0.3, 0.4) is 0 Å². The van der Waals surface area contributed by atoms with Crippen LogP contribution >= 0.6 is 11.6 Å². The predicted molar refractivity (Wildman–Crippen MR) is 181 cm³/mol. The Balaban J connectivity index is 1.68. The summed E-state index contributed by atoms with van der Waals surface area (Å²) in [5, 5.41) is 10.5. The summed E-state index contributed by atoms with van der Waals surface area (Å²) in [6, 6.07) is 7.10. The number of fused-ring (bicyclic) bond motifs is 1.